The van der Waals surface area contributed by atoms with Crippen molar-refractivity contribution in [3.8, 4) is 23.3 Å². The second kappa shape index (κ2) is 9.14. The standard InChI is InChI=1S/C20H26N2O4/c1-13-7-5-6-8-16(13)22-20(23)15(12-21)9-14-10-18(25-3)19(26-4)11-17(14)24-2/h9-11,13,16H,5-8H2,1-4H3,(H,22,23)/b15-9+/t13-,16-/m1/s1. The molecule has 0 spiro atoms. The zero-order valence-electron chi connectivity index (χ0n) is 15.8. The second-order valence-electron chi connectivity index (χ2n) is 6.46. The predicted octanol–water partition coefficient (Wildman–Crippen LogP) is 3.31. The lowest BCUT2D eigenvalue weighted by atomic mass is 9.86. The van der Waals surface area contributed by atoms with Gasteiger partial charge in [0.15, 0.2) is 11.5 Å². The van der Waals surface area contributed by atoms with E-state index in [1.54, 1.807) is 12.1 Å². The summed E-state index contributed by atoms with van der Waals surface area (Å²) in [5.74, 6) is 1.57. The lowest BCUT2D eigenvalue weighted by Crippen LogP contribution is -2.41. The molecule has 2 atom stereocenters. The number of carbonyl (C=O) groups excluding carboxylic acids is 1. The number of nitrogens with zero attached hydrogens (tertiary/aromatic N) is 1. The minimum absolute atomic E-state index is 0.0355. The highest BCUT2D eigenvalue weighted by Gasteiger charge is 2.24. The summed E-state index contributed by atoms with van der Waals surface area (Å²) in [7, 11) is 4.58. The minimum atomic E-state index is -0.358. The van der Waals surface area contributed by atoms with Gasteiger partial charge in [-0.2, -0.15) is 5.26 Å². The number of ether oxygens (including phenoxy) is 3. The van der Waals surface area contributed by atoms with E-state index < -0.39 is 0 Å². The zero-order chi connectivity index (χ0) is 19.1. The molecule has 6 heteroatoms. The summed E-state index contributed by atoms with van der Waals surface area (Å²) in [6, 6.07) is 5.46. The fourth-order valence-electron chi connectivity index (χ4n) is 3.25. The van der Waals surface area contributed by atoms with E-state index in [1.807, 2.05) is 6.07 Å². The Morgan fingerprint density at radius 2 is 1.73 bits per heavy atom. The molecule has 0 bridgehead atoms. The third-order valence-electron chi connectivity index (χ3n) is 4.83. The Hall–Kier alpha value is -2.68. The molecule has 1 fully saturated rings. The number of nitriles is 1. The molecule has 0 heterocycles. The average molecular weight is 358 g/mol. The number of amides is 1. The molecule has 1 aromatic carbocycles. The maximum atomic E-state index is 12.6. The third kappa shape index (κ3) is 4.48. The van der Waals surface area contributed by atoms with E-state index in [4.69, 9.17) is 14.2 Å². The van der Waals surface area contributed by atoms with Crippen molar-refractivity contribution < 1.29 is 19.0 Å². The number of rotatable bonds is 6. The van der Waals surface area contributed by atoms with Crippen molar-refractivity contribution in [3.63, 3.8) is 0 Å². The van der Waals surface area contributed by atoms with Gasteiger partial charge >= 0.3 is 0 Å². The van der Waals surface area contributed by atoms with Crippen LogP contribution in [0.4, 0.5) is 0 Å². The average Bonchev–Trinajstić information content (AvgIpc) is 2.66. The van der Waals surface area contributed by atoms with Gasteiger partial charge < -0.3 is 19.5 Å². The van der Waals surface area contributed by atoms with Gasteiger partial charge in [0.1, 0.15) is 17.4 Å². The van der Waals surface area contributed by atoms with Gasteiger partial charge in [-0.15, -0.1) is 0 Å². The van der Waals surface area contributed by atoms with E-state index in [9.17, 15) is 10.1 Å². The molecule has 140 valence electrons. The summed E-state index contributed by atoms with van der Waals surface area (Å²) in [5.41, 5.74) is 0.613. The van der Waals surface area contributed by atoms with Crippen molar-refractivity contribution in [2.45, 2.75) is 38.6 Å². The van der Waals surface area contributed by atoms with E-state index in [2.05, 4.69) is 12.2 Å². The van der Waals surface area contributed by atoms with Crippen LogP contribution in [-0.4, -0.2) is 33.3 Å². The summed E-state index contributed by atoms with van der Waals surface area (Å²) in [4.78, 5) is 12.6. The number of nitrogens with one attached hydrogen (secondary N) is 1. The number of carbonyl (C=O) groups is 1. The molecule has 0 radical (unpaired) electrons. The van der Waals surface area contributed by atoms with Crippen LogP contribution in [0.3, 0.4) is 0 Å². The predicted molar refractivity (Wildman–Crippen MR) is 99.3 cm³/mol. The first kappa shape index (κ1) is 19.6. The third-order valence-corrected chi connectivity index (χ3v) is 4.83. The highest BCUT2D eigenvalue weighted by Crippen LogP contribution is 2.35. The Balaban J connectivity index is 2.29. The lowest BCUT2D eigenvalue weighted by molar-refractivity contribution is -0.118. The quantitative estimate of drug-likeness (QED) is 0.623. The Kier molecular flexibility index (Phi) is 6.90. The molecule has 1 aromatic rings. The van der Waals surface area contributed by atoms with Crippen molar-refractivity contribution in [1.82, 2.24) is 5.32 Å². The first-order chi connectivity index (χ1) is 12.5. The Morgan fingerprint density at radius 3 is 2.31 bits per heavy atom. The van der Waals surface area contributed by atoms with Crippen LogP contribution in [0.5, 0.6) is 17.2 Å². The Bertz CT molecular complexity index is 721. The van der Waals surface area contributed by atoms with Crippen molar-refractivity contribution in [2.24, 2.45) is 5.92 Å². The monoisotopic (exact) mass is 358 g/mol. The van der Waals surface area contributed by atoms with Crippen molar-refractivity contribution in [2.75, 3.05) is 21.3 Å². The molecular weight excluding hydrogens is 332 g/mol. The van der Waals surface area contributed by atoms with Gasteiger partial charge in [0.05, 0.1) is 21.3 Å². The molecule has 1 N–H and O–H groups in total. The van der Waals surface area contributed by atoms with Gasteiger partial charge in [-0.05, 0) is 30.9 Å². The molecule has 0 aliphatic heterocycles. The van der Waals surface area contributed by atoms with Gasteiger partial charge in [-0.3, -0.25) is 4.79 Å². The van der Waals surface area contributed by atoms with Crippen LogP contribution in [0.25, 0.3) is 6.08 Å². The van der Waals surface area contributed by atoms with Crippen LogP contribution in [0.15, 0.2) is 17.7 Å². The molecule has 0 aromatic heterocycles. The van der Waals surface area contributed by atoms with Crippen LogP contribution in [0.1, 0.15) is 38.2 Å². The summed E-state index contributed by atoms with van der Waals surface area (Å²) < 4.78 is 15.9. The van der Waals surface area contributed by atoms with Crippen LogP contribution >= 0.6 is 0 Å². The molecule has 2 rings (SSSR count). The first-order valence-corrected chi connectivity index (χ1v) is 8.76. The number of benzene rings is 1. The topological polar surface area (TPSA) is 80.6 Å². The van der Waals surface area contributed by atoms with Crippen LogP contribution in [-0.2, 0) is 4.79 Å². The molecule has 0 saturated heterocycles. The van der Waals surface area contributed by atoms with E-state index in [0.29, 0.717) is 28.7 Å². The fourth-order valence-corrected chi connectivity index (χ4v) is 3.25. The lowest BCUT2D eigenvalue weighted by Gasteiger charge is -2.29. The highest BCUT2D eigenvalue weighted by atomic mass is 16.5. The minimum Gasteiger partial charge on any atom is -0.496 e. The van der Waals surface area contributed by atoms with E-state index in [1.165, 1.54) is 33.8 Å². The Labute approximate surface area is 154 Å². The molecular formula is C20H26N2O4. The summed E-state index contributed by atoms with van der Waals surface area (Å²) in [6.45, 7) is 2.14. The largest absolute Gasteiger partial charge is 0.496 e. The van der Waals surface area contributed by atoms with E-state index in [0.717, 1.165) is 19.3 Å². The van der Waals surface area contributed by atoms with Crippen molar-refractivity contribution in [3.05, 3.63) is 23.3 Å². The molecule has 1 aliphatic rings. The fraction of sp³-hybridized carbons (Fsp3) is 0.500. The van der Waals surface area contributed by atoms with Crippen LogP contribution in [0, 0.1) is 17.2 Å². The molecule has 1 amide bonds. The summed E-state index contributed by atoms with van der Waals surface area (Å²) in [5, 5.41) is 12.5. The molecule has 0 unspecified atom stereocenters. The van der Waals surface area contributed by atoms with Crippen molar-refractivity contribution in [1.29, 1.82) is 5.26 Å². The zero-order valence-corrected chi connectivity index (χ0v) is 15.8. The van der Waals surface area contributed by atoms with Gasteiger partial charge in [0.25, 0.3) is 5.91 Å². The summed E-state index contributed by atoms with van der Waals surface area (Å²) >= 11 is 0. The Morgan fingerprint density at radius 1 is 1.12 bits per heavy atom. The molecule has 26 heavy (non-hydrogen) atoms. The smallest absolute Gasteiger partial charge is 0.262 e. The van der Waals surface area contributed by atoms with Crippen molar-refractivity contribution >= 4 is 12.0 Å². The molecule has 1 aliphatic carbocycles. The van der Waals surface area contributed by atoms with Gasteiger partial charge in [0.2, 0.25) is 0 Å². The van der Waals surface area contributed by atoms with Gasteiger partial charge in [-0.25, -0.2) is 0 Å². The second-order valence-corrected chi connectivity index (χ2v) is 6.46. The van der Waals surface area contributed by atoms with Crippen LogP contribution < -0.4 is 19.5 Å². The molecule has 1 saturated carbocycles. The van der Waals surface area contributed by atoms with E-state index in [-0.39, 0.29) is 17.5 Å². The normalized spacial score (nSPS) is 20.0. The maximum absolute atomic E-state index is 12.6. The van der Waals surface area contributed by atoms with Gasteiger partial charge in [0, 0.05) is 17.7 Å². The number of methoxy groups -OCH3 is 3. The SMILES string of the molecule is COc1cc(OC)c(OC)cc1/C=C(\C#N)C(=O)N[C@@H]1CCCC[C@H]1C. The highest BCUT2D eigenvalue weighted by molar-refractivity contribution is 6.02. The maximum Gasteiger partial charge on any atom is 0.262 e. The van der Waals surface area contributed by atoms with E-state index >= 15 is 0 Å². The molecule has 6 nitrogen and oxygen atoms in total. The van der Waals surface area contributed by atoms with Gasteiger partial charge in [-0.1, -0.05) is 19.8 Å². The van der Waals surface area contributed by atoms with Crippen LogP contribution in [0.2, 0.25) is 0 Å². The number of hydrogen-bond donors (Lipinski definition) is 1. The first-order valence-electron chi connectivity index (χ1n) is 8.76. The summed E-state index contributed by atoms with van der Waals surface area (Å²) in [6.07, 6.45) is 5.86. The number of hydrogen-bond acceptors (Lipinski definition) is 5.